The van der Waals surface area contributed by atoms with Gasteiger partial charge in [-0.25, -0.2) is 5.84 Å². The van der Waals surface area contributed by atoms with Crippen LogP contribution in [0, 0.1) is 6.92 Å². The molecule has 0 heterocycles. The number of halogens is 3. The zero-order valence-electron chi connectivity index (χ0n) is 7.67. The third-order valence-electron chi connectivity index (χ3n) is 1.68. The van der Waals surface area contributed by atoms with Crippen LogP contribution >= 0.6 is 0 Å². The first-order chi connectivity index (χ1) is 6.38. The highest BCUT2D eigenvalue weighted by molar-refractivity contribution is 5.46. The minimum Gasteiger partial charge on any atom is -0.302 e. The van der Waals surface area contributed by atoms with Crippen molar-refractivity contribution in [3.63, 3.8) is 0 Å². The van der Waals surface area contributed by atoms with Crippen LogP contribution in [0.2, 0.25) is 0 Å². The fourth-order valence-electron chi connectivity index (χ4n) is 1.09. The maximum absolute atomic E-state index is 12.0. The zero-order valence-corrected chi connectivity index (χ0v) is 7.67. The van der Waals surface area contributed by atoms with Crippen molar-refractivity contribution in [3.8, 4) is 0 Å². The molecule has 0 fully saturated rings. The molecule has 1 aromatic rings. The van der Waals surface area contributed by atoms with Gasteiger partial charge < -0.3 is 5.01 Å². The number of hydrogen-bond donors (Lipinski definition) is 1. The summed E-state index contributed by atoms with van der Waals surface area (Å²) >= 11 is 0. The van der Waals surface area contributed by atoms with Crippen molar-refractivity contribution in [2.45, 2.75) is 13.1 Å². The van der Waals surface area contributed by atoms with E-state index in [1.54, 1.807) is 31.2 Å². The van der Waals surface area contributed by atoms with E-state index in [1.165, 1.54) is 0 Å². The second-order valence-corrected chi connectivity index (χ2v) is 3.08. The van der Waals surface area contributed by atoms with Crippen molar-refractivity contribution in [2.24, 2.45) is 5.84 Å². The highest BCUT2D eigenvalue weighted by atomic mass is 19.4. The van der Waals surface area contributed by atoms with Crippen LogP contribution in [-0.2, 0) is 0 Å². The molecular formula is C9H11F3N2. The van der Waals surface area contributed by atoms with E-state index in [2.05, 4.69) is 0 Å². The molecule has 1 aromatic carbocycles. The monoisotopic (exact) mass is 204 g/mol. The van der Waals surface area contributed by atoms with Crippen molar-refractivity contribution in [3.05, 3.63) is 29.8 Å². The summed E-state index contributed by atoms with van der Waals surface area (Å²) in [5.74, 6) is 5.26. The summed E-state index contributed by atoms with van der Waals surface area (Å²) < 4.78 is 35.9. The van der Waals surface area contributed by atoms with E-state index in [0.29, 0.717) is 10.7 Å². The molecule has 5 heteroatoms. The Kier molecular flexibility index (Phi) is 3.00. The molecule has 0 radical (unpaired) electrons. The molecule has 0 aliphatic heterocycles. The van der Waals surface area contributed by atoms with Crippen LogP contribution < -0.4 is 10.9 Å². The first kappa shape index (κ1) is 10.8. The standard InChI is InChI=1S/C9H11F3N2/c1-7-3-2-4-8(5-7)14(13)6-9(10,11)12/h2-5H,6,13H2,1H3. The molecule has 0 saturated heterocycles. The van der Waals surface area contributed by atoms with E-state index >= 15 is 0 Å². The van der Waals surface area contributed by atoms with Crippen LogP contribution in [0.3, 0.4) is 0 Å². The minimum absolute atomic E-state index is 0.363. The molecule has 1 rings (SSSR count). The first-order valence-electron chi connectivity index (χ1n) is 4.04. The Labute approximate surface area is 80.1 Å². The normalized spacial score (nSPS) is 11.5. The summed E-state index contributed by atoms with van der Waals surface area (Å²) in [6, 6.07) is 6.61. The van der Waals surface area contributed by atoms with E-state index in [1.807, 2.05) is 0 Å². The van der Waals surface area contributed by atoms with E-state index < -0.39 is 12.7 Å². The molecule has 14 heavy (non-hydrogen) atoms. The van der Waals surface area contributed by atoms with E-state index in [0.717, 1.165) is 5.56 Å². The van der Waals surface area contributed by atoms with Crippen LogP contribution in [0.15, 0.2) is 24.3 Å². The molecule has 0 bridgehead atoms. The molecule has 2 N–H and O–H groups in total. The van der Waals surface area contributed by atoms with Crippen LogP contribution in [-0.4, -0.2) is 12.7 Å². The van der Waals surface area contributed by atoms with Gasteiger partial charge in [0.2, 0.25) is 0 Å². The van der Waals surface area contributed by atoms with Gasteiger partial charge in [0, 0.05) is 0 Å². The van der Waals surface area contributed by atoms with Gasteiger partial charge in [-0.2, -0.15) is 13.2 Å². The second kappa shape index (κ2) is 3.88. The first-order valence-corrected chi connectivity index (χ1v) is 4.04. The fraction of sp³-hybridized carbons (Fsp3) is 0.333. The Hall–Kier alpha value is -1.23. The van der Waals surface area contributed by atoms with E-state index in [4.69, 9.17) is 5.84 Å². The van der Waals surface area contributed by atoms with E-state index in [9.17, 15) is 13.2 Å². The largest absolute Gasteiger partial charge is 0.407 e. The van der Waals surface area contributed by atoms with Crippen molar-refractivity contribution in [1.29, 1.82) is 0 Å². The molecule has 0 saturated carbocycles. The summed E-state index contributed by atoms with van der Waals surface area (Å²) in [4.78, 5) is 0. The van der Waals surface area contributed by atoms with Crippen LogP contribution in [0.1, 0.15) is 5.56 Å². The van der Waals surface area contributed by atoms with Gasteiger partial charge in [-0.1, -0.05) is 12.1 Å². The molecule has 0 spiro atoms. The zero-order chi connectivity index (χ0) is 10.8. The number of hydrazine groups is 1. The number of rotatable bonds is 2. The molecule has 0 atom stereocenters. The number of nitrogens with zero attached hydrogens (tertiary/aromatic N) is 1. The van der Waals surface area contributed by atoms with Gasteiger partial charge in [0.25, 0.3) is 0 Å². The quantitative estimate of drug-likeness (QED) is 0.591. The molecule has 0 aliphatic carbocycles. The van der Waals surface area contributed by atoms with Crippen LogP contribution in [0.4, 0.5) is 18.9 Å². The summed E-state index contributed by atoms with van der Waals surface area (Å²) in [6.07, 6.45) is -4.28. The van der Waals surface area contributed by atoms with E-state index in [-0.39, 0.29) is 0 Å². The van der Waals surface area contributed by atoms with Crippen molar-refractivity contribution in [1.82, 2.24) is 0 Å². The lowest BCUT2D eigenvalue weighted by atomic mass is 10.2. The predicted octanol–water partition coefficient (Wildman–Crippen LogP) is 2.24. The number of hydrogen-bond acceptors (Lipinski definition) is 2. The number of anilines is 1. The summed E-state index contributed by atoms with van der Waals surface area (Å²) in [5, 5.41) is 0.688. The molecule has 0 aromatic heterocycles. The van der Waals surface area contributed by atoms with Crippen molar-refractivity contribution >= 4 is 5.69 Å². The highest BCUT2D eigenvalue weighted by Gasteiger charge is 2.29. The number of alkyl halides is 3. The molecule has 0 amide bonds. The van der Waals surface area contributed by atoms with Crippen molar-refractivity contribution < 1.29 is 13.2 Å². The van der Waals surface area contributed by atoms with Gasteiger partial charge in [0.15, 0.2) is 0 Å². The minimum atomic E-state index is -4.28. The average molecular weight is 204 g/mol. The summed E-state index contributed by atoms with van der Waals surface area (Å²) in [6.45, 7) is 0.654. The van der Waals surface area contributed by atoms with Crippen LogP contribution in [0.25, 0.3) is 0 Å². The topological polar surface area (TPSA) is 29.3 Å². The van der Waals surface area contributed by atoms with Gasteiger partial charge in [-0.15, -0.1) is 0 Å². The molecule has 0 aliphatic rings. The molecule has 0 unspecified atom stereocenters. The van der Waals surface area contributed by atoms with Gasteiger partial charge >= 0.3 is 6.18 Å². The predicted molar refractivity (Wildman–Crippen MR) is 48.8 cm³/mol. The fourth-order valence-corrected chi connectivity index (χ4v) is 1.09. The Balaban J connectivity index is 2.74. The maximum Gasteiger partial charge on any atom is 0.407 e. The molecule has 78 valence electrons. The van der Waals surface area contributed by atoms with Gasteiger partial charge in [-0.05, 0) is 24.6 Å². The highest BCUT2D eigenvalue weighted by Crippen LogP contribution is 2.20. The Morgan fingerprint density at radius 3 is 2.50 bits per heavy atom. The van der Waals surface area contributed by atoms with Gasteiger partial charge in [0.1, 0.15) is 6.54 Å². The molecule has 2 nitrogen and oxygen atoms in total. The SMILES string of the molecule is Cc1cccc(N(N)CC(F)(F)F)c1. The summed E-state index contributed by atoms with van der Waals surface area (Å²) in [5.41, 5.74) is 1.24. The number of benzene rings is 1. The lowest BCUT2D eigenvalue weighted by Crippen LogP contribution is -2.39. The maximum atomic E-state index is 12.0. The Morgan fingerprint density at radius 2 is 2.00 bits per heavy atom. The smallest absolute Gasteiger partial charge is 0.302 e. The lowest BCUT2D eigenvalue weighted by Gasteiger charge is -2.20. The number of nitrogens with two attached hydrogens (primary N) is 1. The van der Waals surface area contributed by atoms with Crippen LogP contribution in [0.5, 0.6) is 0 Å². The average Bonchev–Trinajstić information content (AvgIpc) is 2.01. The lowest BCUT2D eigenvalue weighted by molar-refractivity contribution is -0.119. The number of aryl methyl sites for hydroxylation is 1. The summed E-state index contributed by atoms with van der Waals surface area (Å²) in [7, 11) is 0. The second-order valence-electron chi connectivity index (χ2n) is 3.08. The Bertz CT molecular complexity index is 309. The van der Waals surface area contributed by atoms with Gasteiger partial charge in [0.05, 0.1) is 5.69 Å². The third-order valence-corrected chi connectivity index (χ3v) is 1.68. The van der Waals surface area contributed by atoms with Gasteiger partial charge in [-0.3, -0.25) is 0 Å². The molecular weight excluding hydrogens is 193 g/mol. The van der Waals surface area contributed by atoms with Crippen molar-refractivity contribution in [2.75, 3.05) is 11.6 Å². The third kappa shape index (κ3) is 3.26. The Morgan fingerprint density at radius 1 is 1.36 bits per heavy atom.